The van der Waals surface area contributed by atoms with Gasteiger partial charge in [-0.1, -0.05) is 11.6 Å². The third-order valence-electron chi connectivity index (χ3n) is 2.60. The number of carbonyl (C=O) groups excluding carboxylic acids is 1. The lowest BCUT2D eigenvalue weighted by Gasteiger charge is -2.11. The van der Waals surface area contributed by atoms with Crippen LogP contribution in [0, 0.1) is 6.92 Å². The molecule has 0 amide bonds. The van der Waals surface area contributed by atoms with Gasteiger partial charge in [-0.25, -0.2) is 9.97 Å². The Morgan fingerprint density at radius 2 is 1.81 bits per heavy atom. The Balaban J connectivity index is 2.32. The van der Waals surface area contributed by atoms with Crippen molar-refractivity contribution in [1.82, 2.24) is 9.97 Å². The molecule has 0 bridgehead atoms. The molecule has 0 radical (unpaired) electrons. The number of halogens is 4. The van der Waals surface area contributed by atoms with E-state index in [0.29, 0.717) is 17.8 Å². The van der Waals surface area contributed by atoms with Crippen LogP contribution in [0.4, 0.5) is 24.7 Å². The van der Waals surface area contributed by atoms with Crippen LogP contribution in [0.25, 0.3) is 0 Å². The molecule has 0 aliphatic carbocycles. The zero-order valence-electron chi connectivity index (χ0n) is 10.7. The van der Waals surface area contributed by atoms with Gasteiger partial charge in [0.25, 0.3) is 0 Å². The summed E-state index contributed by atoms with van der Waals surface area (Å²) in [6.07, 6.45) is -3.92. The van der Waals surface area contributed by atoms with E-state index in [4.69, 9.17) is 11.6 Å². The highest BCUT2D eigenvalue weighted by molar-refractivity contribution is 6.32. The fourth-order valence-electron chi connectivity index (χ4n) is 1.63. The number of nitrogens with one attached hydrogen (secondary N) is 1. The number of alkyl halides is 3. The second kappa shape index (κ2) is 5.69. The van der Waals surface area contributed by atoms with Crippen LogP contribution in [0.15, 0.2) is 24.3 Å². The van der Waals surface area contributed by atoms with Crippen LogP contribution >= 0.6 is 11.6 Å². The number of anilines is 2. The first kappa shape index (κ1) is 15.2. The van der Waals surface area contributed by atoms with E-state index in [1.165, 1.54) is 12.1 Å². The number of aldehydes is 1. The molecule has 110 valence electrons. The Labute approximate surface area is 123 Å². The predicted octanol–water partition coefficient (Wildman–Crippen LogP) is 4.01. The summed E-state index contributed by atoms with van der Waals surface area (Å²) < 4.78 is 37.4. The van der Waals surface area contributed by atoms with Gasteiger partial charge in [0.1, 0.15) is 16.8 Å². The van der Waals surface area contributed by atoms with E-state index < -0.39 is 11.7 Å². The maximum atomic E-state index is 12.5. The first-order valence-corrected chi connectivity index (χ1v) is 6.12. The number of benzene rings is 1. The number of nitrogens with zero attached hydrogens (tertiary/aromatic N) is 2. The number of hydrogen-bond donors (Lipinski definition) is 1. The lowest BCUT2D eigenvalue weighted by atomic mass is 10.2. The average Bonchev–Trinajstić information content (AvgIpc) is 2.38. The minimum atomic E-state index is -4.40. The van der Waals surface area contributed by atoms with Gasteiger partial charge in [0.05, 0.1) is 11.1 Å². The highest BCUT2D eigenvalue weighted by Gasteiger charge is 2.29. The van der Waals surface area contributed by atoms with Gasteiger partial charge in [-0.3, -0.25) is 4.79 Å². The molecule has 0 aliphatic heterocycles. The Bertz CT molecular complexity index is 672. The molecule has 1 heterocycles. The summed E-state index contributed by atoms with van der Waals surface area (Å²) in [5.74, 6) is 0.474. The molecule has 1 N–H and O–H groups in total. The number of carbonyl (C=O) groups is 1. The van der Waals surface area contributed by atoms with Crippen molar-refractivity contribution in [2.45, 2.75) is 13.1 Å². The zero-order valence-corrected chi connectivity index (χ0v) is 11.5. The van der Waals surface area contributed by atoms with Gasteiger partial charge in [0.2, 0.25) is 0 Å². The first-order chi connectivity index (χ1) is 9.81. The van der Waals surface area contributed by atoms with E-state index in [2.05, 4.69) is 15.3 Å². The molecular formula is C13H9ClF3N3O. The molecule has 4 nitrogen and oxygen atoms in total. The zero-order chi connectivity index (χ0) is 15.6. The molecule has 2 rings (SSSR count). The quantitative estimate of drug-likeness (QED) is 0.686. The summed E-state index contributed by atoms with van der Waals surface area (Å²) in [5.41, 5.74) is -0.372. The second-order valence-corrected chi connectivity index (χ2v) is 4.50. The lowest BCUT2D eigenvalue weighted by Crippen LogP contribution is -2.06. The molecule has 0 unspecified atom stereocenters. The average molecular weight is 316 g/mol. The molecule has 8 heteroatoms. The highest BCUT2D eigenvalue weighted by Crippen LogP contribution is 2.30. The number of rotatable bonds is 3. The van der Waals surface area contributed by atoms with Crippen LogP contribution in [0.3, 0.4) is 0 Å². The predicted molar refractivity (Wildman–Crippen MR) is 71.9 cm³/mol. The van der Waals surface area contributed by atoms with Gasteiger partial charge in [-0.15, -0.1) is 0 Å². The number of aromatic nitrogens is 2. The molecule has 0 spiro atoms. The van der Waals surface area contributed by atoms with Crippen molar-refractivity contribution in [1.29, 1.82) is 0 Å². The summed E-state index contributed by atoms with van der Waals surface area (Å²) in [4.78, 5) is 18.8. The molecule has 21 heavy (non-hydrogen) atoms. The summed E-state index contributed by atoms with van der Waals surface area (Å²) in [6, 6.07) is 4.34. The Hall–Kier alpha value is -2.15. The molecule has 0 saturated carbocycles. The van der Waals surface area contributed by atoms with Gasteiger partial charge in [0.15, 0.2) is 6.29 Å². The molecule has 0 fully saturated rings. The largest absolute Gasteiger partial charge is 0.416 e. The molecule has 1 aromatic carbocycles. The van der Waals surface area contributed by atoms with Crippen molar-refractivity contribution >= 4 is 29.4 Å². The minimum Gasteiger partial charge on any atom is -0.339 e. The van der Waals surface area contributed by atoms with Gasteiger partial charge in [-0.05, 0) is 31.2 Å². The van der Waals surface area contributed by atoms with Crippen molar-refractivity contribution in [3.8, 4) is 0 Å². The van der Waals surface area contributed by atoms with E-state index in [1.54, 1.807) is 6.92 Å². The first-order valence-electron chi connectivity index (χ1n) is 5.75. The lowest BCUT2D eigenvalue weighted by molar-refractivity contribution is -0.137. The van der Waals surface area contributed by atoms with Crippen molar-refractivity contribution in [3.05, 3.63) is 46.4 Å². The van der Waals surface area contributed by atoms with Gasteiger partial charge in [-0.2, -0.15) is 13.2 Å². The van der Waals surface area contributed by atoms with E-state index in [-0.39, 0.29) is 16.5 Å². The summed E-state index contributed by atoms with van der Waals surface area (Å²) >= 11 is 5.81. The summed E-state index contributed by atoms with van der Waals surface area (Å²) in [6.45, 7) is 1.58. The summed E-state index contributed by atoms with van der Waals surface area (Å²) in [5, 5.41) is 2.73. The van der Waals surface area contributed by atoms with Crippen molar-refractivity contribution in [3.63, 3.8) is 0 Å². The van der Waals surface area contributed by atoms with E-state index >= 15 is 0 Å². The molecule has 0 aliphatic rings. The van der Waals surface area contributed by atoms with Crippen LogP contribution in [-0.4, -0.2) is 16.3 Å². The highest BCUT2D eigenvalue weighted by atomic mass is 35.5. The third kappa shape index (κ3) is 3.49. The minimum absolute atomic E-state index is 0.0214. The van der Waals surface area contributed by atoms with E-state index in [0.717, 1.165) is 12.1 Å². The van der Waals surface area contributed by atoms with Crippen LogP contribution in [-0.2, 0) is 6.18 Å². The summed E-state index contributed by atoms with van der Waals surface area (Å²) in [7, 11) is 0. The molecule has 1 aromatic heterocycles. The fraction of sp³-hybridized carbons (Fsp3) is 0.154. The van der Waals surface area contributed by atoms with Crippen LogP contribution in [0.2, 0.25) is 5.15 Å². The molecule has 0 saturated heterocycles. The fourth-order valence-corrected chi connectivity index (χ4v) is 1.88. The van der Waals surface area contributed by atoms with Gasteiger partial charge >= 0.3 is 6.18 Å². The van der Waals surface area contributed by atoms with E-state index in [9.17, 15) is 18.0 Å². The SMILES string of the molecule is Cc1nc(Cl)c(C=O)c(Nc2ccc(C(F)(F)F)cc2)n1. The van der Waals surface area contributed by atoms with Gasteiger partial charge in [0, 0.05) is 5.69 Å². The monoisotopic (exact) mass is 315 g/mol. The smallest absolute Gasteiger partial charge is 0.339 e. The Kier molecular flexibility index (Phi) is 4.13. The van der Waals surface area contributed by atoms with E-state index in [1.807, 2.05) is 0 Å². The normalized spacial score (nSPS) is 11.3. The topological polar surface area (TPSA) is 54.9 Å². The van der Waals surface area contributed by atoms with Crippen molar-refractivity contribution < 1.29 is 18.0 Å². The van der Waals surface area contributed by atoms with Crippen molar-refractivity contribution in [2.75, 3.05) is 5.32 Å². The van der Waals surface area contributed by atoms with Gasteiger partial charge < -0.3 is 5.32 Å². The molecular weight excluding hydrogens is 307 g/mol. The second-order valence-electron chi connectivity index (χ2n) is 4.14. The van der Waals surface area contributed by atoms with Crippen molar-refractivity contribution in [2.24, 2.45) is 0 Å². The van der Waals surface area contributed by atoms with Crippen LogP contribution in [0.1, 0.15) is 21.7 Å². The number of hydrogen-bond acceptors (Lipinski definition) is 4. The molecule has 0 atom stereocenters. The van der Waals surface area contributed by atoms with Crippen LogP contribution < -0.4 is 5.32 Å². The standard InChI is InChI=1S/C13H9ClF3N3O/c1-7-18-11(14)10(6-21)12(19-7)20-9-4-2-8(3-5-9)13(15,16)17/h2-6H,1H3,(H,18,19,20). The van der Waals surface area contributed by atoms with Crippen LogP contribution in [0.5, 0.6) is 0 Å². The Morgan fingerprint density at radius 3 is 2.33 bits per heavy atom. The maximum Gasteiger partial charge on any atom is 0.416 e. The molecule has 2 aromatic rings. The number of aryl methyl sites for hydroxylation is 1. The third-order valence-corrected chi connectivity index (χ3v) is 2.89. The maximum absolute atomic E-state index is 12.5. The Morgan fingerprint density at radius 1 is 1.19 bits per heavy atom.